The molecule has 0 fully saturated rings. The molecular weight excluding hydrogens is 264 g/mol. The number of rotatable bonds is 6. The summed E-state index contributed by atoms with van der Waals surface area (Å²) < 4.78 is 0. The van der Waals surface area contributed by atoms with Gasteiger partial charge in [-0.1, -0.05) is 19.9 Å². The maximum absolute atomic E-state index is 9.74. The highest BCUT2D eigenvalue weighted by molar-refractivity contribution is 5.37. The third kappa shape index (κ3) is 4.37. The third-order valence-corrected chi connectivity index (χ3v) is 3.41. The number of hydrogen-bond donors (Lipinski definition) is 2. The van der Waals surface area contributed by atoms with Crippen LogP contribution in [0, 0.1) is 19.8 Å². The number of aliphatic hydroxyl groups excluding tert-OH is 1. The summed E-state index contributed by atoms with van der Waals surface area (Å²) in [5.74, 6) is 0.253. The van der Waals surface area contributed by atoms with Crippen molar-refractivity contribution in [1.82, 2.24) is 20.3 Å². The lowest BCUT2D eigenvalue weighted by molar-refractivity contribution is 0.123. The maximum atomic E-state index is 9.74. The second-order valence-corrected chi connectivity index (χ2v) is 5.91. The predicted molar refractivity (Wildman–Crippen MR) is 83.4 cm³/mol. The van der Waals surface area contributed by atoms with Crippen LogP contribution in [0.5, 0.6) is 0 Å². The van der Waals surface area contributed by atoms with Crippen LogP contribution >= 0.6 is 0 Å². The fourth-order valence-electron chi connectivity index (χ4n) is 2.15. The number of benzene rings is 1. The zero-order chi connectivity index (χ0) is 15.4. The predicted octanol–water partition coefficient (Wildman–Crippen LogP) is 1.99. The first-order chi connectivity index (χ1) is 9.95. The van der Waals surface area contributed by atoms with Gasteiger partial charge in [0.05, 0.1) is 23.7 Å². The lowest BCUT2D eigenvalue weighted by Crippen LogP contribution is -2.30. The van der Waals surface area contributed by atoms with Crippen LogP contribution < -0.4 is 5.32 Å². The lowest BCUT2D eigenvalue weighted by Gasteiger charge is -2.14. The summed E-state index contributed by atoms with van der Waals surface area (Å²) in [4.78, 5) is 1.65. The topological polar surface area (TPSA) is 63.0 Å². The van der Waals surface area contributed by atoms with Crippen LogP contribution in [0.1, 0.15) is 30.7 Å². The van der Waals surface area contributed by atoms with Crippen LogP contribution in [-0.2, 0) is 6.54 Å². The molecule has 0 aliphatic heterocycles. The minimum atomic E-state index is -0.334. The fourth-order valence-corrected chi connectivity index (χ4v) is 2.15. The van der Waals surface area contributed by atoms with E-state index in [0.29, 0.717) is 13.1 Å². The molecule has 0 amide bonds. The Morgan fingerprint density at radius 2 is 1.86 bits per heavy atom. The molecule has 1 aromatic carbocycles. The molecule has 1 unspecified atom stereocenters. The molecule has 0 bridgehead atoms. The number of nitrogens with zero attached hydrogens (tertiary/aromatic N) is 3. The van der Waals surface area contributed by atoms with Gasteiger partial charge in [-0.25, -0.2) is 0 Å². The molecule has 2 rings (SSSR count). The van der Waals surface area contributed by atoms with Gasteiger partial charge in [0.1, 0.15) is 0 Å². The van der Waals surface area contributed by atoms with Crippen molar-refractivity contribution in [3.05, 3.63) is 41.2 Å². The second kappa shape index (κ2) is 6.83. The molecule has 1 aromatic heterocycles. The normalized spacial score (nSPS) is 12.9. The van der Waals surface area contributed by atoms with E-state index < -0.39 is 0 Å². The Morgan fingerprint density at radius 1 is 1.19 bits per heavy atom. The van der Waals surface area contributed by atoms with E-state index in [1.165, 1.54) is 11.1 Å². The Balaban J connectivity index is 1.98. The van der Waals surface area contributed by atoms with Gasteiger partial charge < -0.3 is 10.4 Å². The minimum absolute atomic E-state index is 0.253. The quantitative estimate of drug-likeness (QED) is 0.853. The molecular formula is C16H24N4O. The van der Waals surface area contributed by atoms with Crippen LogP contribution in [0.4, 0.5) is 0 Å². The third-order valence-electron chi connectivity index (χ3n) is 3.41. The molecule has 0 aliphatic carbocycles. The van der Waals surface area contributed by atoms with Crippen molar-refractivity contribution < 1.29 is 5.11 Å². The van der Waals surface area contributed by atoms with Crippen molar-refractivity contribution >= 4 is 0 Å². The summed E-state index contributed by atoms with van der Waals surface area (Å²) >= 11 is 0. The standard InChI is InChI=1S/C16H24N4O/c1-11(2)16(21)10-17-8-14-9-18-20(19-14)15-6-12(3)5-13(4)7-15/h5-7,9,11,16-17,21H,8,10H2,1-4H3. The van der Waals surface area contributed by atoms with Crippen molar-refractivity contribution in [2.24, 2.45) is 5.92 Å². The van der Waals surface area contributed by atoms with Crippen molar-refractivity contribution in [2.45, 2.75) is 40.3 Å². The molecule has 0 radical (unpaired) electrons. The van der Waals surface area contributed by atoms with Gasteiger partial charge in [0.15, 0.2) is 0 Å². The van der Waals surface area contributed by atoms with Crippen LogP contribution in [-0.4, -0.2) is 32.7 Å². The number of hydrogen-bond acceptors (Lipinski definition) is 4. The van der Waals surface area contributed by atoms with E-state index >= 15 is 0 Å². The van der Waals surface area contributed by atoms with Gasteiger partial charge in [-0.3, -0.25) is 0 Å². The van der Waals surface area contributed by atoms with Crippen LogP contribution in [0.2, 0.25) is 0 Å². The van der Waals surface area contributed by atoms with E-state index in [2.05, 4.69) is 47.6 Å². The molecule has 2 N–H and O–H groups in total. The van der Waals surface area contributed by atoms with Gasteiger partial charge >= 0.3 is 0 Å². The smallest absolute Gasteiger partial charge is 0.0969 e. The summed E-state index contributed by atoms with van der Waals surface area (Å²) in [5.41, 5.74) is 4.23. The summed E-state index contributed by atoms with van der Waals surface area (Å²) in [5, 5.41) is 21.7. The highest BCUT2D eigenvalue weighted by Crippen LogP contribution is 2.12. The van der Waals surface area contributed by atoms with Crippen LogP contribution in [0.25, 0.3) is 5.69 Å². The number of aryl methyl sites for hydroxylation is 2. The second-order valence-electron chi connectivity index (χ2n) is 5.91. The molecule has 5 nitrogen and oxygen atoms in total. The van der Waals surface area contributed by atoms with E-state index in [9.17, 15) is 5.11 Å². The minimum Gasteiger partial charge on any atom is -0.392 e. The number of nitrogens with one attached hydrogen (secondary N) is 1. The first-order valence-corrected chi connectivity index (χ1v) is 7.34. The molecule has 0 saturated carbocycles. The molecule has 114 valence electrons. The first kappa shape index (κ1) is 15.7. The van der Waals surface area contributed by atoms with Gasteiger partial charge in [0.25, 0.3) is 0 Å². The van der Waals surface area contributed by atoms with Crippen molar-refractivity contribution in [3.8, 4) is 5.69 Å². The summed E-state index contributed by atoms with van der Waals surface area (Å²) in [6.07, 6.45) is 1.42. The van der Waals surface area contributed by atoms with Crippen molar-refractivity contribution in [1.29, 1.82) is 0 Å². The van der Waals surface area contributed by atoms with E-state index in [-0.39, 0.29) is 12.0 Å². The molecule has 2 aromatic rings. The molecule has 0 spiro atoms. The maximum Gasteiger partial charge on any atom is 0.0969 e. The van der Waals surface area contributed by atoms with Gasteiger partial charge in [-0.05, 0) is 43.0 Å². The molecule has 5 heteroatoms. The molecule has 21 heavy (non-hydrogen) atoms. The summed E-state index contributed by atoms with van der Waals surface area (Å²) in [7, 11) is 0. The molecule has 0 saturated heterocycles. The van der Waals surface area contributed by atoms with Gasteiger partial charge in [0.2, 0.25) is 0 Å². The molecule has 1 heterocycles. The van der Waals surface area contributed by atoms with Crippen molar-refractivity contribution in [3.63, 3.8) is 0 Å². The monoisotopic (exact) mass is 288 g/mol. The van der Waals surface area contributed by atoms with E-state index in [4.69, 9.17) is 0 Å². The highest BCUT2D eigenvalue weighted by atomic mass is 16.3. The summed E-state index contributed by atoms with van der Waals surface area (Å²) in [6, 6.07) is 6.25. The van der Waals surface area contributed by atoms with E-state index in [1.807, 2.05) is 13.8 Å². The average Bonchev–Trinajstić information content (AvgIpc) is 2.86. The zero-order valence-electron chi connectivity index (χ0n) is 13.2. The number of aromatic nitrogens is 3. The first-order valence-electron chi connectivity index (χ1n) is 7.34. The van der Waals surface area contributed by atoms with Gasteiger partial charge in [0, 0.05) is 13.1 Å². The Hall–Kier alpha value is -1.72. The SMILES string of the molecule is Cc1cc(C)cc(-n2ncc(CNCC(O)C(C)C)n2)c1. The largest absolute Gasteiger partial charge is 0.392 e. The molecule has 0 aliphatic rings. The Bertz CT molecular complexity index is 571. The summed E-state index contributed by atoms with van der Waals surface area (Å²) in [6.45, 7) is 9.31. The number of aliphatic hydroxyl groups is 1. The van der Waals surface area contributed by atoms with Crippen molar-refractivity contribution in [2.75, 3.05) is 6.54 Å². The van der Waals surface area contributed by atoms with Crippen LogP contribution in [0.15, 0.2) is 24.4 Å². The Kier molecular flexibility index (Phi) is 5.09. The van der Waals surface area contributed by atoms with Gasteiger partial charge in [-0.2, -0.15) is 15.0 Å². The highest BCUT2D eigenvalue weighted by Gasteiger charge is 2.09. The molecule has 1 atom stereocenters. The Labute approximate surface area is 126 Å². The average molecular weight is 288 g/mol. The fraction of sp³-hybridized carbons (Fsp3) is 0.500. The van der Waals surface area contributed by atoms with E-state index in [0.717, 1.165) is 11.4 Å². The lowest BCUT2D eigenvalue weighted by atomic mass is 10.1. The Morgan fingerprint density at radius 3 is 2.48 bits per heavy atom. The zero-order valence-corrected chi connectivity index (χ0v) is 13.2. The van der Waals surface area contributed by atoms with Gasteiger partial charge in [-0.15, -0.1) is 0 Å². The van der Waals surface area contributed by atoms with E-state index in [1.54, 1.807) is 11.0 Å². The van der Waals surface area contributed by atoms with Crippen LogP contribution in [0.3, 0.4) is 0 Å².